The number of hydrogen-bond acceptors (Lipinski definition) is 4. The lowest BCUT2D eigenvalue weighted by Gasteiger charge is -2.11. The number of anilines is 1. The first-order chi connectivity index (χ1) is 14.0. The van der Waals surface area contributed by atoms with Crippen LogP contribution in [0.4, 0.5) is 14.5 Å². The Kier molecular flexibility index (Phi) is 4.15. The van der Waals surface area contributed by atoms with Crippen LogP contribution in [0.1, 0.15) is 24.1 Å². The van der Waals surface area contributed by atoms with Crippen molar-refractivity contribution in [3.63, 3.8) is 0 Å². The molecule has 8 heteroatoms. The minimum Gasteiger partial charge on any atom is -0.497 e. The second-order valence-corrected chi connectivity index (χ2v) is 6.28. The van der Waals surface area contributed by atoms with E-state index < -0.39 is 36.1 Å². The summed E-state index contributed by atoms with van der Waals surface area (Å²) in [5.41, 5.74) is -0.746. The number of thiophene rings is 1. The van der Waals surface area contributed by atoms with Crippen molar-refractivity contribution < 1.29 is 32.3 Å². The van der Waals surface area contributed by atoms with E-state index in [4.69, 9.17) is 14.0 Å². The first-order valence-electron chi connectivity index (χ1n) is 8.96. The number of amides is 1. The second kappa shape index (κ2) is 7.55. The summed E-state index contributed by atoms with van der Waals surface area (Å²) < 4.78 is 55.3. The third-order valence-electron chi connectivity index (χ3n) is 3.64. The zero-order chi connectivity index (χ0) is 22.1. The van der Waals surface area contributed by atoms with Crippen molar-refractivity contribution in [3.8, 4) is 16.9 Å². The van der Waals surface area contributed by atoms with Crippen molar-refractivity contribution in [3.05, 3.63) is 69.9 Å². The van der Waals surface area contributed by atoms with E-state index >= 15 is 0 Å². The van der Waals surface area contributed by atoms with Gasteiger partial charge in [0.15, 0.2) is 0 Å². The summed E-state index contributed by atoms with van der Waals surface area (Å²) >= 11 is 0.847. The Hall–Kier alpha value is -3.26. The SMILES string of the molecule is [2H]C([2H])([2H])Oc1cccc(-c2c(F)cc(NC(=O)c3ccsc3C(=O)O)cc2F)c1. The Bertz CT molecular complexity index is 1110. The van der Waals surface area contributed by atoms with Gasteiger partial charge >= 0.3 is 5.97 Å². The fourth-order valence-electron chi connectivity index (χ4n) is 2.49. The number of hydrogen-bond donors (Lipinski definition) is 2. The van der Waals surface area contributed by atoms with E-state index in [1.165, 1.54) is 35.7 Å². The van der Waals surface area contributed by atoms with Crippen molar-refractivity contribution in [1.82, 2.24) is 0 Å². The predicted octanol–water partition coefficient (Wildman–Crippen LogP) is 4.65. The molecule has 1 heterocycles. The summed E-state index contributed by atoms with van der Waals surface area (Å²) in [6.45, 7) is 0. The molecule has 0 aliphatic heterocycles. The highest BCUT2D eigenvalue weighted by atomic mass is 32.1. The lowest BCUT2D eigenvalue weighted by atomic mass is 10.0. The van der Waals surface area contributed by atoms with E-state index in [1.54, 1.807) is 0 Å². The molecule has 0 bridgehead atoms. The Morgan fingerprint density at radius 2 is 1.93 bits per heavy atom. The summed E-state index contributed by atoms with van der Waals surface area (Å²) in [6.07, 6.45) is 0. The monoisotopic (exact) mass is 392 g/mol. The molecule has 0 unspecified atom stereocenters. The predicted molar refractivity (Wildman–Crippen MR) is 97.6 cm³/mol. The molecule has 1 aromatic heterocycles. The molecule has 27 heavy (non-hydrogen) atoms. The van der Waals surface area contributed by atoms with E-state index in [0.717, 1.165) is 23.5 Å². The lowest BCUT2D eigenvalue weighted by molar-refractivity contribution is 0.0698. The minimum absolute atomic E-state index is 0.0376. The van der Waals surface area contributed by atoms with Gasteiger partial charge in [0.05, 0.1) is 22.3 Å². The summed E-state index contributed by atoms with van der Waals surface area (Å²) in [5, 5.41) is 12.8. The number of carbonyl (C=O) groups excluding carboxylic acids is 1. The average molecular weight is 392 g/mol. The summed E-state index contributed by atoms with van der Waals surface area (Å²) in [5.74, 6) is -4.24. The van der Waals surface area contributed by atoms with Crippen LogP contribution in [-0.4, -0.2) is 24.0 Å². The van der Waals surface area contributed by atoms with Crippen molar-refractivity contribution in [1.29, 1.82) is 0 Å². The molecule has 5 nitrogen and oxygen atoms in total. The number of nitrogens with one attached hydrogen (secondary N) is 1. The van der Waals surface area contributed by atoms with E-state index in [0.29, 0.717) is 0 Å². The molecule has 3 rings (SSSR count). The van der Waals surface area contributed by atoms with Crippen LogP contribution < -0.4 is 10.1 Å². The average Bonchev–Trinajstić information content (AvgIpc) is 3.10. The zero-order valence-corrected chi connectivity index (χ0v) is 14.3. The highest BCUT2D eigenvalue weighted by molar-refractivity contribution is 7.12. The van der Waals surface area contributed by atoms with Gasteiger partial charge in [0, 0.05) is 5.69 Å². The van der Waals surface area contributed by atoms with Crippen molar-refractivity contribution in [2.24, 2.45) is 0 Å². The molecular formula is C19H13F2NO4S. The minimum atomic E-state index is -2.72. The second-order valence-electron chi connectivity index (χ2n) is 5.37. The van der Waals surface area contributed by atoms with Crippen molar-refractivity contribution in [2.45, 2.75) is 0 Å². The largest absolute Gasteiger partial charge is 0.497 e. The topological polar surface area (TPSA) is 75.6 Å². The quantitative estimate of drug-likeness (QED) is 0.663. The number of carboxylic acid groups (broad SMARTS) is 1. The Labute approximate surface area is 161 Å². The molecule has 0 atom stereocenters. The maximum Gasteiger partial charge on any atom is 0.346 e. The molecule has 0 saturated heterocycles. The first-order valence-corrected chi connectivity index (χ1v) is 8.34. The fourth-order valence-corrected chi connectivity index (χ4v) is 3.22. The molecule has 0 aliphatic carbocycles. The summed E-state index contributed by atoms with van der Waals surface area (Å²) in [7, 11) is -2.72. The molecule has 0 spiro atoms. The van der Waals surface area contributed by atoms with Gasteiger partial charge in [-0.3, -0.25) is 4.79 Å². The van der Waals surface area contributed by atoms with Gasteiger partial charge in [0.1, 0.15) is 22.3 Å². The van der Waals surface area contributed by atoms with Gasteiger partial charge in [0.2, 0.25) is 0 Å². The van der Waals surface area contributed by atoms with Gasteiger partial charge < -0.3 is 15.2 Å². The highest BCUT2D eigenvalue weighted by Gasteiger charge is 2.20. The van der Waals surface area contributed by atoms with Gasteiger partial charge in [0.25, 0.3) is 5.91 Å². The first kappa shape index (κ1) is 14.9. The van der Waals surface area contributed by atoms with Crippen LogP contribution in [0, 0.1) is 11.6 Å². The Balaban J connectivity index is 1.89. The number of carbonyl (C=O) groups is 2. The molecule has 2 aromatic carbocycles. The van der Waals surface area contributed by atoms with Crippen molar-refractivity contribution >= 4 is 28.9 Å². The molecule has 0 aliphatic rings. The number of methoxy groups -OCH3 is 1. The number of carboxylic acids is 1. The molecular weight excluding hydrogens is 376 g/mol. The molecule has 0 saturated carbocycles. The van der Waals surface area contributed by atoms with Crippen LogP contribution in [0.15, 0.2) is 47.8 Å². The van der Waals surface area contributed by atoms with Crippen LogP contribution in [0.25, 0.3) is 11.1 Å². The molecule has 3 aromatic rings. The summed E-state index contributed by atoms with van der Waals surface area (Å²) in [6, 6.07) is 8.31. The number of halogens is 2. The standard InChI is InChI=1S/C19H13F2NO4S/c1-26-12-4-2-3-10(7-12)16-14(20)8-11(9-15(16)21)22-18(23)13-5-6-27-17(13)19(24)25/h2-9H,1H3,(H,22,23)(H,24,25)/i1D3. The van der Waals surface area contributed by atoms with Crippen LogP contribution in [0.2, 0.25) is 0 Å². The zero-order valence-electron chi connectivity index (χ0n) is 16.5. The fraction of sp³-hybridized carbons (Fsp3) is 0.0526. The molecule has 1 amide bonds. The molecule has 0 fully saturated rings. The van der Waals surface area contributed by atoms with Gasteiger partial charge in [-0.1, -0.05) is 12.1 Å². The van der Waals surface area contributed by atoms with E-state index in [2.05, 4.69) is 5.32 Å². The van der Waals surface area contributed by atoms with Gasteiger partial charge in [-0.2, -0.15) is 0 Å². The van der Waals surface area contributed by atoms with Crippen LogP contribution >= 0.6 is 11.3 Å². The molecule has 138 valence electrons. The van der Waals surface area contributed by atoms with Gasteiger partial charge in [-0.05, 0) is 41.3 Å². The van der Waals surface area contributed by atoms with E-state index in [-0.39, 0.29) is 27.4 Å². The smallest absolute Gasteiger partial charge is 0.346 e. The van der Waals surface area contributed by atoms with Crippen LogP contribution in [0.3, 0.4) is 0 Å². The molecule has 2 N–H and O–H groups in total. The maximum absolute atomic E-state index is 14.6. The third kappa shape index (κ3) is 3.80. The third-order valence-corrected chi connectivity index (χ3v) is 4.55. The molecule has 0 radical (unpaired) electrons. The normalized spacial score (nSPS) is 12.6. The maximum atomic E-state index is 14.6. The van der Waals surface area contributed by atoms with Gasteiger partial charge in [-0.25, -0.2) is 13.6 Å². The highest BCUT2D eigenvalue weighted by Crippen LogP contribution is 2.31. The van der Waals surface area contributed by atoms with Crippen molar-refractivity contribution in [2.75, 3.05) is 12.4 Å². The van der Waals surface area contributed by atoms with Crippen LogP contribution in [-0.2, 0) is 0 Å². The number of aromatic carboxylic acids is 1. The number of rotatable bonds is 5. The van der Waals surface area contributed by atoms with E-state index in [9.17, 15) is 18.4 Å². The van der Waals surface area contributed by atoms with Gasteiger partial charge in [-0.15, -0.1) is 11.3 Å². The summed E-state index contributed by atoms with van der Waals surface area (Å²) in [4.78, 5) is 23.2. The Morgan fingerprint density at radius 3 is 2.59 bits per heavy atom. The Morgan fingerprint density at radius 1 is 1.19 bits per heavy atom. The van der Waals surface area contributed by atoms with Crippen LogP contribution in [0.5, 0.6) is 5.75 Å². The lowest BCUT2D eigenvalue weighted by Crippen LogP contribution is -2.15. The van der Waals surface area contributed by atoms with E-state index in [1.807, 2.05) is 0 Å². The number of benzene rings is 2. The number of ether oxygens (including phenoxy) is 1.